The van der Waals surface area contributed by atoms with Crippen molar-refractivity contribution < 1.29 is 31.8 Å². The lowest BCUT2D eigenvalue weighted by Crippen LogP contribution is -2.34. The summed E-state index contributed by atoms with van der Waals surface area (Å²) in [5.74, 6) is -0.259. The lowest BCUT2D eigenvalue weighted by Gasteiger charge is -2.35. The van der Waals surface area contributed by atoms with E-state index >= 15 is 0 Å². The SMILES string of the molecule is C[C@H]1CCC(OCC(F)(F)F)CO1.O=CN1CCc2ccccc2[C@@H]1c1ccc(F)cc1. The van der Waals surface area contributed by atoms with E-state index < -0.39 is 18.9 Å². The minimum Gasteiger partial charge on any atom is -0.376 e. The number of alkyl halides is 3. The number of nitrogens with zero attached hydrogens (tertiary/aromatic N) is 1. The van der Waals surface area contributed by atoms with Gasteiger partial charge in [-0.15, -0.1) is 0 Å². The van der Waals surface area contributed by atoms with Crippen LogP contribution in [0, 0.1) is 5.82 Å². The van der Waals surface area contributed by atoms with Crippen molar-refractivity contribution in [1.29, 1.82) is 0 Å². The van der Waals surface area contributed by atoms with Crippen LogP contribution in [0.25, 0.3) is 0 Å². The lowest BCUT2D eigenvalue weighted by atomic mass is 9.88. The van der Waals surface area contributed by atoms with E-state index in [0.29, 0.717) is 13.0 Å². The Kier molecular flexibility index (Phi) is 8.26. The van der Waals surface area contributed by atoms with Crippen molar-refractivity contribution in [3.8, 4) is 0 Å². The molecule has 2 heterocycles. The monoisotopic (exact) mass is 453 g/mol. The summed E-state index contributed by atoms with van der Waals surface area (Å²) in [5, 5.41) is 0. The highest BCUT2D eigenvalue weighted by atomic mass is 19.4. The van der Waals surface area contributed by atoms with Crippen molar-refractivity contribution in [1.82, 2.24) is 4.90 Å². The third-order valence-electron chi connectivity index (χ3n) is 5.59. The van der Waals surface area contributed by atoms with Gasteiger partial charge in [0.2, 0.25) is 6.41 Å². The first-order valence-electron chi connectivity index (χ1n) is 10.6. The molecule has 0 aromatic heterocycles. The number of fused-ring (bicyclic) bond motifs is 1. The van der Waals surface area contributed by atoms with E-state index in [2.05, 4.69) is 10.8 Å². The number of carbonyl (C=O) groups excluding carboxylic acids is 1. The zero-order valence-electron chi connectivity index (χ0n) is 17.9. The van der Waals surface area contributed by atoms with Gasteiger partial charge in [-0.3, -0.25) is 4.79 Å². The van der Waals surface area contributed by atoms with Gasteiger partial charge in [-0.05, 0) is 55.0 Å². The predicted molar refractivity (Wildman–Crippen MR) is 112 cm³/mol. The molecule has 4 rings (SSSR count). The standard InChI is InChI=1S/C16H14FNO.C8H13F3O2/c17-14-7-5-13(6-8-14)16-15-4-2-1-3-12(15)9-10-18(16)11-19;1-6-2-3-7(4-12-6)13-5-8(9,10)11/h1-8,11,16H,9-10H2;6-7H,2-5H2,1H3/t16-;6-,7?/m00/s1. The Bertz CT molecular complexity index is 864. The van der Waals surface area contributed by atoms with Crippen LogP contribution < -0.4 is 0 Å². The summed E-state index contributed by atoms with van der Waals surface area (Å²) in [6.45, 7) is 1.70. The predicted octanol–water partition coefficient (Wildman–Crippen LogP) is 5.06. The fourth-order valence-electron chi connectivity index (χ4n) is 3.92. The molecular weight excluding hydrogens is 426 g/mol. The van der Waals surface area contributed by atoms with Crippen LogP contribution in [0.15, 0.2) is 48.5 Å². The Balaban J connectivity index is 0.000000195. The number of rotatable bonds is 4. The first kappa shape index (κ1) is 24.2. The largest absolute Gasteiger partial charge is 0.411 e. The Morgan fingerprint density at radius 3 is 2.47 bits per heavy atom. The summed E-state index contributed by atoms with van der Waals surface area (Å²) in [6, 6.07) is 14.4. The molecule has 2 aromatic carbocycles. The molecule has 0 bridgehead atoms. The van der Waals surface area contributed by atoms with Gasteiger partial charge < -0.3 is 14.4 Å². The molecule has 3 atom stereocenters. The molecule has 2 aliphatic heterocycles. The highest BCUT2D eigenvalue weighted by molar-refractivity contribution is 5.54. The fourth-order valence-corrected chi connectivity index (χ4v) is 3.92. The number of ether oxygens (including phenoxy) is 2. The van der Waals surface area contributed by atoms with Gasteiger partial charge in [0.25, 0.3) is 0 Å². The molecule has 1 amide bonds. The molecule has 1 fully saturated rings. The van der Waals surface area contributed by atoms with E-state index in [0.717, 1.165) is 30.4 Å². The molecule has 0 spiro atoms. The summed E-state index contributed by atoms with van der Waals surface area (Å²) in [7, 11) is 0. The number of benzene rings is 2. The van der Waals surface area contributed by atoms with E-state index in [1.807, 2.05) is 25.1 Å². The number of hydrogen-bond acceptors (Lipinski definition) is 3. The van der Waals surface area contributed by atoms with Gasteiger partial charge in [0.1, 0.15) is 12.4 Å². The highest BCUT2D eigenvalue weighted by Crippen LogP contribution is 2.34. The number of amides is 1. The van der Waals surface area contributed by atoms with Gasteiger partial charge in [-0.25, -0.2) is 4.39 Å². The second-order valence-corrected chi connectivity index (χ2v) is 8.02. The Morgan fingerprint density at radius 1 is 1.12 bits per heavy atom. The average molecular weight is 453 g/mol. The molecule has 0 radical (unpaired) electrons. The third-order valence-corrected chi connectivity index (χ3v) is 5.59. The number of carbonyl (C=O) groups is 1. The van der Waals surface area contributed by atoms with Crippen LogP contribution in [-0.4, -0.2) is 49.5 Å². The lowest BCUT2D eigenvalue weighted by molar-refractivity contribution is -0.198. The molecule has 0 saturated carbocycles. The molecule has 4 nitrogen and oxygen atoms in total. The van der Waals surface area contributed by atoms with Crippen LogP contribution in [0.3, 0.4) is 0 Å². The summed E-state index contributed by atoms with van der Waals surface area (Å²) in [6.07, 6.45) is -1.32. The highest BCUT2D eigenvalue weighted by Gasteiger charge is 2.30. The molecule has 8 heteroatoms. The second-order valence-electron chi connectivity index (χ2n) is 8.02. The van der Waals surface area contributed by atoms with Gasteiger partial charge in [0, 0.05) is 6.54 Å². The molecule has 0 aliphatic carbocycles. The van der Waals surface area contributed by atoms with Crippen LogP contribution in [0.5, 0.6) is 0 Å². The average Bonchev–Trinajstić information content (AvgIpc) is 2.78. The minimum absolute atomic E-state index is 0.108. The zero-order valence-corrected chi connectivity index (χ0v) is 17.9. The molecule has 1 unspecified atom stereocenters. The maximum Gasteiger partial charge on any atom is 0.411 e. The fraction of sp³-hybridized carbons (Fsp3) is 0.458. The minimum atomic E-state index is -4.23. The van der Waals surface area contributed by atoms with Crippen molar-refractivity contribution >= 4 is 6.41 Å². The van der Waals surface area contributed by atoms with Crippen molar-refractivity contribution in [2.45, 2.75) is 50.6 Å². The van der Waals surface area contributed by atoms with E-state index in [9.17, 15) is 22.4 Å². The van der Waals surface area contributed by atoms with Crippen molar-refractivity contribution in [2.75, 3.05) is 19.8 Å². The smallest absolute Gasteiger partial charge is 0.376 e. The Hall–Kier alpha value is -2.45. The van der Waals surface area contributed by atoms with Gasteiger partial charge in [-0.2, -0.15) is 13.2 Å². The molecule has 174 valence electrons. The number of halogens is 4. The molecule has 2 aliphatic rings. The molecule has 1 saturated heterocycles. The van der Waals surface area contributed by atoms with Crippen LogP contribution in [0.1, 0.15) is 42.5 Å². The van der Waals surface area contributed by atoms with Gasteiger partial charge in [-0.1, -0.05) is 36.4 Å². The number of hydrogen-bond donors (Lipinski definition) is 0. The quantitative estimate of drug-likeness (QED) is 0.480. The summed E-state index contributed by atoms with van der Waals surface area (Å²) >= 11 is 0. The topological polar surface area (TPSA) is 38.8 Å². The maximum atomic E-state index is 13.0. The van der Waals surface area contributed by atoms with Crippen LogP contribution in [-0.2, 0) is 20.7 Å². The second kappa shape index (κ2) is 10.9. The third kappa shape index (κ3) is 6.77. The zero-order chi connectivity index (χ0) is 23.1. The van der Waals surface area contributed by atoms with Gasteiger partial charge >= 0.3 is 6.18 Å². The first-order valence-corrected chi connectivity index (χ1v) is 10.6. The van der Waals surface area contributed by atoms with Gasteiger partial charge in [0.05, 0.1) is 24.9 Å². The van der Waals surface area contributed by atoms with E-state index in [4.69, 9.17) is 4.74 Å². The van der Waals surface area contributed by atoms with E-state index in [1.165, 1.54) is 17.7 Å². The van der Waals surface area contributed by atoms with E-state index in [1.54, 1.807) is 17.0 Å². The van der Waals surface area contributed by atoms with Gasteiger partial charge in [0.15, 0.2) is 0 Å². The van der Waals surface area contributed by atoms with Crippen LogP contribution in [0.4, 0.5) is 17.6 Å². The van der Waals surface area contributed by atoms with Crippen molar-refractivity contribution in [3.63, 3.8) is 0 Å². The first-order chi connectivity index (χ1) is 15.3. The van der Waals surface area contributed by atoms with Crippen molar-refractivity contribution in [2.24, 2.45) is 0 Å². The molecule has 2 aromatic rings. The van der Waals surface area contributed by atoms with Crippen LogP contribution >= 0.6 is 0 Å². The van der Waals surface area contributed by atoms with E-state index in [-0.39, 0.29) is 24.6 Å². The normalized spacial score (nSPS) is 23.0. The molecular formula is C24H27F4NO3. The van der Waals surface area contributed by atoms with Crippen molar-refractivity contribution in [3.05, 3.63) is 71.0 Å². The summed E-state index contributed by atoms with van der Waals surface area (Å²) < 4.78 is 58.0. The Morgan fingerprint density at radius 2 is 1.84 bits per heavy atom. The Labute approximate surface area is 185 Å². The molecule has 0 N–H and O–H groups in total. The maximum absolute atomic E-state index is 13.0. The van der Waals surface area contributed by atoms with Crippen LogP contribution in [0.2, 0.25) is 0 Å². The molecule has 32 heavy (non-hydrogen) atoms. The summed E-state index contributed by atoms with van der Waals surface area (Å²) in [4.78, 5) is 13.0. The summed E-state index contributed by atoms with van der Waals surface area (Å²) in [5.41, 5.74) is 3.34.